The van der Waals surface area contributed by atoms with Crippen LogP contribution in [0.25, 0.3) is 0 Å². The number of hydrogen-bond donors (Lipinski definition) is 1. The maximum Gasteiger partial charge on any atom is 0.105 e. The standard InChI is InChI=1S/C22H30O2S3/c1-20(2)18-9-10-21(20,19(23)15-18)16-27(24)14-11-22(25-12-6-13-26-22)17-7-4-3-5-8-17/h3-5,7-8,11,14,18-19,23H,6,9-10,12-13,15-16H2,1-2H3/b14-11+/t18-,19-,21-,27?/m1/s1. The summed E-state index contributed by atoms with van der Waals surface area (Å²) in [5.74, 6) is 3.44. The lowest BCUT2D eigenvalue weighted by Crippen LogP contribution is -2.43. The van der Waals surface area contributed by atoms with Crippen molar-refractivity contribution in [3.8, 4) is 0 Å². The van der Waals surface area contributed by atoms with Crippen LogP contribution in [-0.2, 0) is 14.9 Å². The maximum absolute atomic E-state index is 13.1. The lowest BCUT2D eigenvalue weighted by atomic mass is 9.70. The third kappa shape index (κ3) is 3.37. The van der Waals surface area contributed by atoms with Crippen LogP contribution in [0.15, 0.2) is 41.8 Å². The van der Waals surface area contributed by atoms with Gasteiger partial charge < -0.3 is 5.11 Å². The highest BCUT2D eigenvalue weighted by Crippen LogP contribution is 2.66. The van der Waals surface area contributed by atoms with Gasteiger partial charge in [-0.15, -0.1) is 23.5 Å². The van der Waals surface area contributed by atoms with Crippen LogP contribution < -0.4 is 0 Å². The number of benzene rings is 1. The molecule has 2 aliphatic carbocycles. The zero-order chi connectivity index (χ0) is 19.1. The monoisotopic (exact) mass is 422 g/mol. The van der Waals surface area contributed by atoms with Crippen LogP contribution in [-0.4, -0.2) is 32.7 Å². The minimum Gasteiger partial charge on any atom is -0.392 e. The molecule has 5 heteroatoms. The van der Waals surface area contributed by atoms with Crippen molar-refractivity contribution >= 4 is 34.3 Å². The van der Waals surface area contributed by atoms with E-state index in [4.69, 9.17) is 0 Å². The van der Waals surface area contributed by atoms with Gasteiger partial charge in [-0.05, 0) is 60.2 Å². The molecule has 1 heterocycles. The third-order valence-electron chi connectivity index (χ3n) is 7.33. The molecule has 1 N–H and O–H groups in total. The summed E-state index contributed by atoms with van der Waals surface area (Å²) in [6.45, 7) is 4.56. The zero-order valence-corrected chi connectivity index (χ0v) is 18.7. The molecule has 0 spiro atoms. The van der Waals surface area contributed by atoms with Crippen molar-refractivity contribution in [2.75, 3.05) is 17.3 Å². The normalized spacial score (nSPS) is 35.5. The summed E-state index contributed by atoms with van der Waals surface area (Å²) in [6, 6.07) is 10.6. The highest BCUT2D eigenvalue weighted by Gasteiger charge is 2.63. The summed E-state index contributed by atoms with van der Waals surface area (Å²) in [5, 5.41) is 12.7. The van der Waals surface area contributed by atoms with Crippen molar-refractivity contribution in [3.63, 3.8) is 0 Å². The Hall–Kier alpha value is -0.230. The highest BCUT2D eigenvalue weighted by atomic mass is 32.2. The number of rotatable bonds is 5. The van der Waals surface area contributed by atoms with Crippen LogP contribution >= 0.6 is 23.5 Å². The van der Waals surface area contributed by atoms with Gasteiger partial charge in [0, 0.05) is 27.4 Å². The minimum absolute atomic E-state index is 0.0847. The molecule has 2 saturated carbocycles. The van der Waals surface area contributed by atoms with E-state index in [1.165, 1.54) is 18.4 Å². The van der Waals surface area contributed by atoms with Gasteiger partial charge in [0.15, 0.2) is 0 Å². The van der Waals surface area contributed by atoms with Crippen molar-refractivity contribution in [2.24, 2.45) is 16.7 Å². The Labute approximate surface area is 174 Å². The first-order valence-electron chi connectivity index (χ1n) is 9.98. The molecule has 0 radical (unpaired) electrons. The SMILES string of the molecule is CC1(C)[C@@H]2CC[C@@]1(CS(=O)/C=C/C1(c3ccccc3)SCCCS1)[C@H](O)C2. The van der Waals surface area contributed by atoms with E-state index in [2.05, 4.69) is 50.3 Å². The molecule has 0 amide bonds. The molecule has 3 aliphatic rings. The Morgan fingerprint density at radius 1 is 1.22 bits per heavy atom. The Bertz CT molecular complexity index is 724. The number of fused-ring (bicyclic) bond motifs is 2. The number of thioether (sulfide) groups is 2. The van der Waals surface area contributed by atoms with Gasteiger partial charge in [0.1, 0.15) is 4.08 Å². The fourth-order valence-corrected chi connectivity index (χ4v) is 10.4. The van der Waals surface area contributed by atoms with E-state index in [0.717, 1.165) is 24.3 Å². The Morgan fingerprint density at radius 3 is 2.52 bits per heavy atom. The van der Waals surface area contributed by atoms with Gasteiger partial charge in [-0.3, -0.25) is 4.21 Å². The molecular formula is C22H30O2S3. The number of aliphatic hydroxyl groups excluding tert-OH is 1. The van der Waals surface area contributed by atoms with Crippen molar-refractivity contribution in [1.82, 2.24) is 0 Å². The highest BCUT2D eigenvalue weighted by molar-refractivity contribution is 8.18. The first-order chi connectivity index (χ1) is 12.9. The van der Waals surface area contributed by atoms with Crippen LogP contribution in [0.5, 0.6) is 0 Å². The molecule has 1 unspecified atom stereocenters. The topological polar surface area (TPSA) is 37.3 Å². The maximum atomic E-state index is 13.1. The van der Waals surface area contributed by atoms with Crippen molar-refractivity contribution in [2.45, 2.75) is 49.7 Å². The van der Waals surface area contributed by atoms with Crippen molar-refractivity contribution < 1.29 is 9.32 Å². The third-order valence-corrected chi connectivity index (χ3v) is 11.9. The molecule has 3 fully saturated rings. The van der Waals surface area contributed by atoms with Gasteiger partial charge in [0.05, 0.1) is 6.10 Å². The second kappa shape index (κ2) is 7.55. The predicted molar refractivity (Wildman–Crippen MR) is 119 cm³/mol. The summed E-state index contributed by atoms with van der Waals surface area (Å²) < 4.78 is 13.0. The molecule has 1 aliphatic heterocycles. The van der Waals surface area contributed by atoms with Crippen molar-refractivity contribution in [1.29, 1.82) is 0 Å². The van der Waals surface area contributed by atoms with E-state index in [1.54, 1.807) is 0 Å². The van der Waals surface area contributed by atoms with Crippen LogP contribution in [0.3, 0.4) is 0 Å². The Morgan fingerprint density at radius 2 is 1.93 bits per heavy atom. The summed E-state index contributed by atoms with van der Waals surface area (Å²) in [7, 11) is -1.06. The predicted octanol–water partition coefficient (Wildman–Crippen LogP) is 5.16. The van der Waals surface area contributed by atoms with E-state index >= 15 is 0 Å². The van der Waals surface area contributed by atoms with E-state index in [-0.39, 0.29) is 21.0 Å². The second-order valence-corrected chi connectivity index (χ2v) is 13.0. The quantitative estimate of drug-likeness (QED) is 0.711. The molecule has 4 rings (SSSR count). The molecule has 1 saturated heterocycles. The van der Waals surface area contributed by atoms with Gasteiger partial charge in [0.25, 0.3) is 0 Å². The average molecular weight is 423 g/mol. The van der Waals surface area contributed by atoms with Gasteiger partial charge in [-0.25, -0.2) is 0 Å². The molecule has 1 aromatic rings. The number of aliphatic hydroxyl groups is 1. The number of hydrogen-bond acceptors (Lipinski definition) is 4. The minimum atomic E-state index is -1.06. The molecule has 1 aromatic carbocycles. The first kappa shape index (κ1) is 20.1. The largest absolute Gasteiger partial charge is 0.392 e. The van der Waals surface area contributed by atoms with Crippen LogP contribution in [0.2, 0.25) is 0 Å². The van der Waals surface area contributed by atoms with E-state index in [0.29, 0.717) is 11.7 Å². The Balaban J connectivity index is 1.55. The van der Waals surface area contributed by atoms with E-state index < -0.39 is 10.8 Å². The van der Waals surface area contributed by atoms with Crippen LogP contribution in [0, 0.1) is 16.7 Å². The summed E-state index contributed by atoms with van der Waals surface area (Å²) in [4.78, 5) is 0. The molecule has 0 aromatic heterocycles. The lowest BCUT2D eigenvalue weighted by molar-refractivity contribution is 0.0162. The molecule has 4 atom stereocenters. The van der Waals surface area contributed by atoms with Gasteiger partial charge in [-0.2, -0.15) is 0 Å². The molecule has 148 valence electrons. The molecule has 2 bridgehead atoms. The van der Waals surface area contributed by atoms with E-state index in [9.17, 15) is 9.32 Å². The fraction of sp³-hybridized carbons (Fsp3) is 0.636. The smallest absolute Gasteiger partial charge is 0.105 e. The van der Waals surface area contributed by atoms with Gasteiger partial charge >= 0.3 is 0 Å². The van der Waals surface area contributed by atoms with Crippen molar-refractivity contribution in [3.05, 3.63) is 47.4 Å². The molecule has 27 heavy (non-hydrogen) atoms. The fourth-order valence-electron chi connectivity index (χ4n) is 5.42. The van der Waals surface area contributed by atoms with Crippen LogP contribution in [0.1, 0.15) is 45.1 Å². The summed E-state index contributed by atoms with van der Waals surface area (Å²) in [6.07, 6.45) is 6.18. The lowest BCUT2D eigenvalue weighted by Gasteiger charge is -2.40. The first-order valence-corrected chi connectivity index (χ1v) is 13.3. The average Bonchev–Trinajstić information content (AvgIpc) is 3.02. The molecule has 2 nitrogen and oxygen atoms in total. The Kier molecular flexibility index (Phi) is 5.61. The summed E-state index contributed by atoms with van der Waals surface area (Å²) in [5.41, 5.74) is 1.19. The van der Waals surface area contributed by atoms with E-state index in [1.807, 2.05) is 28.9 Å². The van der Waals surface area contributed by atoms with Crippen LogP contribution in [0.4, 0.5) is 0 Å². The molecular weight excluding hydrogens is 392 g/mol. The zero-order valence-electron chi connectivity index (χ0n) is 16.2. The van der Waals surface area contributed by atoms with Gasteiger partial charge in [0.2, 0.25) is 0 Å². The summed E-state index contributed by atoms with van der Waals surface area (Å²) >= 11 is 3.91. The van der Waals surface area contributed by atoms with Gasteiger partial charge in [-0.1, -0.05) is 44.2 Å². The second-order valence-electron chi connectivity index (χ2n) is 8.78.